The van der Waals surface area contributed by atoms with Crippen molar-refractivity contribution in [3.63, 3.8) is 0 Å². The SMILES string of the molecule is CCC(COC)Nc1ncnc2snc(C)c12. The highest BCUT2D eigenvalue weighted by Gasteiger charge is 2.13. The number of ether oxygens (including phenoxy) is 1. The molecule has 6 heteroatoms. The van der Waals surface area contributed by atoms with Crippen molar-refractivity contribution >= 4 is 27.6 Å². The molecule has 0 amide bonds. The van der Waals surface area contributed by atoms with Gasteiger partial charge in [0.05, 0.1) is 23.7 Å². The molecule has 1 unspecified atom stereocenters. The summed E-state index contributed by atoms with van der Waals surface area (Å²) in [6.45, 7) is 4.76. The van der Waals surface area contributed by atoms with E-state index in [1.54, 1.807) is 13.4 Å². The molecule has 0 aromatic carbocycles. The first kappa shape index (κ1) is 12.2. The second-order valence-corrected chi connectivity index (χ2v) is 4.63. The van der Waals surface area contributed by atoms with Gasteiger partial charge in [0.2, 0.25) is 0 Å². The first-order chi connectivity index (χ1) is 8.26. The summed E-state index contributed by atoms with van der Waals surface area (Å²) in [6.07, 6.45) is 2.55. The van der Waals surface area contributed by atoms with E-state index in [1.165, 1.54) is 11.5 Å². The molecular formula is C11H16N4OS. The van der Waals surface area contributed by atoms with Gasteiger partial charge in [-0.1, -0.05) is 6.92 Å². The molecule has 0 fully saturated rings. The van der Waals surface area contributed by atoms with Gasteiger partial charge in [-0.05, 0) is 24.9 Å². The lowest BCUT2D eigenvalue weighted by Gasteiger charge is -2.16. The lowest BCUT2D eigenvalue weighted by atomic mass is 10.2. The van der Waals surface area contributed by atoms with Gasteiger partial charge in [-0.25, -0.2) is 9.97 Å². The fourth-order valence-corrected chi connectivity index (χ4v) is 2.43. The number of nitrogens with one attached hydrogen (secondary N) is 1. The van der Waals surface area contributed by atoms with Crippen molar-refractivity contribution in [2.75, 3.05) is 19.0 Å². The molecule has 2 aromatic rings. The Kier molecular flexibility index (Phi) is 3.86. The maximum atomic E-state index is 5.17. The number of anilines is 1. The fraction of sp³-hybridized carbons (Fsp3) is 0.545. The van der Waals surface area contributed by atoms with E-state index in [9.17, 15) is 0 Å². The zero-order valence-corrected chi connectivity index (χ0v) is 11.0. The number of aryl methyl sites for hydroxylation is 1. The number of rotatable bonds is 5. The summed E-state index contributed by atoms with van der Waals surface area (Å²) < 4.78 is 9.48. The van der Waals surface area contributed by atoms with Crippen LogP contribution in [0.3, 0.4) is 0 Å². The number of nitrogens with zero attached hydrogens (tertiary/aromatic N) is 3. The Labute approximate surface area is 104 Å². The van der Waals surface area contributed by atoms with Gasteiger partial charge in [0.25, 0.3) is 0 Å². The molecular weight excluding hydrogens is 236 g/mol. The number of fused-ring (bicyclic) bond motifs is 1. The van der Waals surface area contributed by atoms with Crippen LogP contribution in [-0.4, -0.2) is 34.1 Å². The van der Waals surface area contributed by atoms with Crippen LogP contribution in [0.1, 0.15) is 19.0 Å². The van der Waals surface area contributed by atoms with Crippen LogP contribution in [0, 0.1) is 6.92 Å². The van der Waals surface area contributed by atoms with Crippen molar-refractivity contribution in [3.8, 4) is 0 Å². The van der Waals surface area contributed by atoms with Gasteiger partial charge < -0.3 is 10.1 Å². The summed E-state index contributed by atoms with van der Waals surface area (Å²) in [6, 6.07) is 0.261. The van der Waals surface area contributed by atoms with Gasteiger partial charge in [0, 0.05) is 7.11 Å². The number of hydrogen-bond donors (Lipinski definition) is 1. The van der Waals surface area contributed by atoms with E-state index in [2.05, 4.69) is 26.6 Å². The minimum Gasteiger partial charge on any atom is -0.383 e. The molecule has 2 aromatic heterocycles. The van der Waals surface area contributed by atoms with Crippen molar-refractivity contribution in [1.82, 2.24) is 14.3 Å². The average molecular weight is 252 g/mol. The summed E-state index contributed by atoms with van der Waals surface area (Å²) >= 11 is 1.40. The molecule has 1 atom stereocenters. The first-order valence-electron chi connectivity index (χ1n) is 5.58. The highest BCUT2D eigenvalue weighted by molar-refractivity contribution is 7.13. The topological polar surface area (TPSA) is 59.9 Å². The normalized spacial score (nSPS) is 12.9. The third-order valence-corrected chi connectivity index (χ3v) is 3.49. The summed E-state index contributed by atoms with van der Waals surface area (Å²) in [5, 5.41) is 4.41. The molecule has 92 valence electrons. The Morgan fingerprint density at radius 2 is 2.29 bits per heavy atom. The van der Waals surface area contributed by atoms with Crippen LogP contribution >= 0.6 is 11.5 Å². The van der Waals surface area contributed by atoms with Crippen molar-refractivity contribution < 1.29 is 4.74 Å². The van der Waals surface area contributed by atoms with Gasteiger partial charge in [-0.15, -0.1) is 0 Å². The maximum Gasteiger partial charge on any atom is 0.149 e. The number of hydrogen-bond acceptors (Lipinski definition) is 6. The van der Waals surface area contributed by atoms with Gasteiger partial charge in [0.15, 0.2) is 0 Å². The monoisotopic (exact) mass is 252 g/mol. The van der Waals surface area contributed by atoms with Gasteiger partial charge in [0.1, 0.15) is 17.0 Å². The van der Waals surface area contributed by atoms with E-state index < -0.39 is 0 Å². The molecule has 0 aliphatic carbocycles. The van der Waals surface area contributed by atoms with Crippen LogP contribution in [0.15, 0.2) is 6.33 Å². The van der Waals surface area contributed by atoms with Crippen molar-refractivity contribution in [1.29, 1.82) is 0 Å². The Bertz CT molecular complexity index is 499. The maximum absolute atomic E-state index is 5.17. The van der Waals surface area contributed by atoms with Crippen LogP contribution in [0.5, 0.6) is 0 Å². The van der Waals surface area contributed by atoms with E-state index in [4.69, 9.17) is 4.74 Å². The van der Waals surface area contributed by atoms with Gasteiger partial charge in [-0.3, -0.25) is 0 Å². The second-order valence-electron chi connectivity index (χ2n) is 3.88. The fourth-order valence-electron chi connectivity index (χ4n) is 1.69. The minimum absolute atomic E-state index is 0.261. The minimum atomic E-state index is 0.261. The van der Waals surface area contributed by atoms with Gasteiger partial charge >= 0.3 is 0 Å². The van der Waals surface area contributed by atoms with Crippen LogP contribution < -0.4 is 5.32 Å². The Hall–Kier alpha value is -1.27. The molecule has 0 saturated heterocycles. The summed E-state index contributed by atoms with van der Waals surface area (Å²) in [7, 11) is 1.71. The van der Waals surface area contributed by atoms with Crippen LogP contribution in [0.25, 0.3) is 10.2 Å². The van der Waals surface area contributed by atoms with E-state index in [1.807, 2.05) is 6.92 Å². The standard InChI is InChI=1S/C11H16N4OS/c1-4-8(5-16-3)14-10-9-7(2)15-17-11(9)13-6-12-10/h6,8H,4-5H2,1-3H3,(H,12,13,14). The van der Waals surface area contributed by atoms with E-state index >= 15 is 0 Å². The van der Waals surface area contributed by atoms with E-state index in [0.717, 1.165) is 28.1 Å². The predicted octanol–water partition coefficient (Wildman–Crippen LogP) is 2.23. The molecule has 5 nitrogen and oxygen atoms in total. The largest absolute Gasteiger partial charge is 0.383 e. The molecule has 0 spiro atoms. The average Bonchev–Trinajstić information content (AvgIpc) is 2.72. The highest BCUT2D eigenvalue weighted by atomic mass is 32.1. The third kappa shape index (κ3) is 2.53. The van der Waals surface area contributed by atoms with Crippen molar-refractivity contribution in [3.05, 3.63) is 12.0 Å². The Morgan fingerprint density at radius 3 is 3.00 bits per heavy atom. The summed E-state index contributed by atoms with van der Waals surface area (Å²) in [5.74, 6) is 0.852. The molecule has 0 saturated carbocycles. The Morgan fingerprint density at radius 1 is 1.47 bits per heavy atom. The molecule has 0 aliphatic rings. The quantitative estimate of drug-likeness (QED) is 0.884. The van der Waals surface area contributed by atoms with Crippen LogP contribution in [0.2, 0.25) is 0 Å². The zero-order valence-electron chi connectivity index (χ0n) is 10.2. The molecule has 0 bridgehead atoms. The lowest BCUT2D eigenvalue weighted by Crippen LogP contribution is -2.24. The third-order valence-electron chi connectivity index (χ3n) is 2.64. The smallest absolute Gasteiger partial charge is 0.149 e. The molecule has 1 N–H and O–H groups in total. The Balaban J connectivity index is 2.31. The van der Waals surface area contributed by atoms with Crippen LogP contribution in [0.4, 0.5) is 5.82 Å². The van der Waals surface area contributed by atoms with Crippen molar-refractivity contribution in [2.24, 2.45) is 0 Å². The van der Waals surface area contributed by atoms with Crippen molar-refractivity contribution in [2.45, 2.75) is 26.3 Å². The van der Waals surface area contributed by atoms with E-state index in [-0.39, 0.29) is 6.04 Å². The van der Waals surface area contributed by atoms with E-state index in [0.29, 0.717) is 6.61 Å². The molecule has 2 rings (SSSR count). The van der Waals surface area contributed by atoms with Gasteiger partial charge in [-0.2, -0.15) is 4.37 Å². The number of aromatic nitrogens is 3. The second kappa shape index (κ2) is 5.37. The number of methoxy groups -OCH3 is 1. The first-order valence-corrected chi connectivity index (χ1v) is 6.36. The highest BCUT2D eigenvalue weighted by Crippen LogP contribution is 2.26. The molecule has 0 aliphatic heterocycles. The summed E-state index contributed by atoms with van der Waals surface area (Å²) in [5.41, 5.74) is 0.973. The summed E-state index contributed by atoms with van der Waals surface area (Å²) in [4.78, 5) is 9.44. The zero-order chi connectivity index (χ0) is 12.3. The molecule has 2 heterocycles. The molecule has 0 radical (unpaired) electrons. The molecule has 17 heavy (non-hydrogen) atoms. The van der Waals surface area contributed by atoms with Crippen LogP contribution in [-0.2, 0) is 4.74 Å². The lowest BCUT2D eigenvalue weighted by molar-refractivity contribution is 0.184. The predicted molar refractivity (Wildman–Crippen MR) is 69.5 cm³/mol.